The highest BCUT2D eigenvalue weighted by Gasteiger charge is 2.25. The highest BCUT2D eigenvalue weighted by atomic mass is 16.4. The molecule has 30 heavy (non-hydrogen) atoms. The first-order chi connectivity index (χ1) is 14.6. The fourth-order valence-electron chi connectivity index (χ4n) is 4.62. The summed E-state index contributed by atoms with van der Waals surface area (Å²) in [7, 11) is 0. The van der Waals surface area contributed by atoms with Crippen molar-refractivity contribution in [1.82, 2.24) is 5.32 Å². The molecular weight excluding hydrogens is 374 g/mol. The van der Waals surface area contributed by atoms with Crippen LogP contribution in [0.4, 0.5) is 0 Å². The molecule has 1 fully saturated rings. The predicted octanol–water partition coefficient (Wildman–Crippen LogP) is 7.26. The van der Waals surface area contributed by atoms with Gasteiger partial charge in [-0.25, -0.2) is 0 Å². The summed E-state index contributed by atoms with van der Waals surface area (Å²) >= 11 is 0. The molecule has 176 valence electrons. The van der Waals surface area contributed by atoms with Crippen LogP contribution in [0, 0.1) is 11.8 Å². The maximum absolute atomic E-state index is 12.0. The first-order valence-corrected chi connectivity index (χ1v) is 13.1. The van der Waals surface area contributed by atoms with Crippen LogP contribution < -0.4 is 5.32 Å². The van der Waals surface area contributed by atoms with Gasteiger partial charge in [-0.2, -0.15) is 0 Å². The van der Waals surface area contributed by atoms with Crippen molar-refractivity contribution in [3.63, 3.8) is 0 Å². The molecule has 0 bridgehead atoms. The van der Waals surface area contributed by atoms with Gasteiger partial charge in [0.1, 0.15) is 0 Å². The molecule has 0 atom stereocenters. The van der Waals surface area contributed by atoms with Crippen molar-refractivity contribution in [1.29, 1.82) is 0 Å². The minimum atomic E-state index is -0.661. The number of hydrogen-bond donors (Lipinski definition) is 2. The molecule has 0 unspecified atom stereocenters. The number of carboxylic acid groups (broad SMARTS) is 1. The smallest absolute Gasteiger partial charge is 0.306 e. The van der Waals surface area contributed by atoms with E-state index in [9.17, 15) is 9.59 Å². The Balaban J connectivity index is 1.79. The Bertz CT molecular complexity index is 430. The van der Waals surface area contributed by atoms with Gasteiger partial charge in [-0.3, -0.25) is 9.59 Å². The summed E-state index contributed by atoms with van der Waals surface area (Å²) in [6.07, 6.45) is 24.1. The van der Waals surface area contributed by atoms with Crippen molar-refractivity contribution in [2.75, 3.05) is 6.54 Å². The average Bonchev–Trinajstić information content (AvgIpc) is 2.75. The quantitative estimate of drug-likeness (QED) is 0.215. The normalized spacial score (nSPS) is 19.0. The van der Waals surface area contributed by atoms with Crippen LogP contribution in [0.2, 0.25) is 0 Å². The molecule has 1 rings (SSSR count). The third-order valence-corrected chi connectivity index (χ3v) is 6.79. The van der Waals surface area contributed by atoms with E-state index < -0.39 is 5.97 Å². The Hall–Kier alpha value is -1.06. The van der Waals surface area contributed by atoms with Crippen LogP contribution in [0.3, 0.4) is 0 Å². The van der Waals surface area contributed by atoms with Crippen LogP contribution in [0.1, 0.15) is 135 Å². The summed E-state index contributed by atoms with van der Waals surface area (Å²) in [5.74, 6) is -0.196. The lowest BCUT2D eigenvalue weighted by atomic mass is 9.82. The number of aliphatic carboxylic acids is 1. The van der Waals surface area contributed by atoms with E-state index in [1.807, 2.05) is 0 Å². The van der Waals surface area contributed by atoms with Crippen LogP contribution in [0.5, 0.6) is 0 Å². The molecule has 0 saturated heterocycles. The van der Waals surface area contributed by atoms with Crippen LogP contribution in [0.15, 0.2) is 0 Å². The lowest BCUT2D eigenvalue weighted by Crippen LogP contribution is -2.32. The van der Waals surface area contributed by atoms with Gasteiger partial charge in [-0.05, 0) is 38.0 Å². The Morgan fingerprint density at radius 2 is 1.13 bits per heavy atom. The molecule has 1 aliphatic carbocycles. The first kappa shape index (κ1) is 27.0. The summed E-state index contributed by atoms with van der Waals surface area (Å²) in [5, 5.41) is 12.1. The summed E-state index contributed by atoms with van der Waals surface area (Å²) in [5.41, 5.74) is 0. The van der Waals surface area contributed by atoms with Gasteiger partial charge < -0.3 is 10.4 Å². The second-order valence-corrected chi connectivity index (χ2v) is 9.56. The molecule has 0 aromatic heterocycles. The SMILES string of the molecule is CCCCCCCCCCCCCCCCCC(=O)NCC1CCC(C(=O)O)CC1. The maximum Gasteiger partial charge on any atom is 0.306 e. The molecule has 4 heteroatoms. The molecule has 0 heterocycles. The Labute approximate surface area is 186 Å². The van der Waals surface area contributed by atoms with Crippen molar-refractivity contribution in [2.45, 2.75) is 135 Å². The number of carbonyl (C=O) groups is 2. The van der Waals surface area contributed by atoms with Crippen LogP contribution in [-0.4, -0.2) is 23.5 Å². The first-order valence-electron chi connectivity index (χ1n) is 13.1. The summed E-state index contributed by atoms with van der Waals surface area (Å²) in [6, 6.07) is 0. The third-order valence-electron chi connectivity index (χ3n) is 6.79. The van der Waals surface area contributed by atoms with E-state index in [4.69, 9.17) is 5.11 Å². The van der Waals surface area contributed by atoms with Gasteiger partial charge in [0.2, 0.25) is 5.91 Å². The fraction of sp³-hybridized carbons (Fsp3) is 0.923. The number of amides is 1. The Morgan fingerprint density at radius 1 is 0.700 bits per heavy atom. The molecule has 4 nitrogen and oxygen atoms in total. The number of hydrogen-bond acceptors (Lipinski definition) is 2. The van der Waals surface area contributed by atoms with Crippen molar-refractivity contribution in [2.24, 2.45) is 11.8 Å². The Morgan fingerprint density at radius 3 is 1.57 bits per heavy atom. The van der Waals surface area contributed by atoms with E-state index in [1.54, 1.807) is 0 Å². The van der Waals surface area contributed by atoms with Crippen LogP contribution >= 0.6 is 0 Å². The topological polar surface area (TPSA) is 66.4 Å². The average molecular weight is 424 g/mol. The minimum Gasteiger partial charge on any atom is -0.481 e. The molecule has 0 spiro atoms. The highest BCUT2D eigenvalue weighted by Crippen LogP contribution is 2.28. The zero-order valence-electron chi connectivity index (χ0n) is 19.8. The van der Waals surface area contributed by atoms with Gasteiger partial charge in [0.25, 0.3) is 0 Å². The van der Waals surface area contributed by atoms with E-state index >= 15 is 0 Å². The molecule has 1 amide bonds. The molecule has 0 aromatic rings. The zero-order chi connectivity index (χ0) is 21.9. The van der Waals surface area contributed by atoms with Gasteiger partial charge in [0.05, 0.1) is 5.92 Å². The lowest BCUT2D eigenvalue weighted by molar-refractivity contribution is -0.143. The monoisotopic (exact) mass is 423 g/mol. The van der Waals surface area contributed by atoms with E-state index in [-0.39, 0.29) is 11.8 Å². The van der Waals surface area contributed by atoms with Gasteiger partial charge in [-0.15, -0.1) is 0 Å². The standard InChI is InChI=1S/C26H49NO3/c1-2-3-4-5-6-7-8-9-10-11-12-13-14-15-16-17-25(28)27-22-23-18-20-24(21-19-23)26(29)30/h23-24H,2-22H2,1H3,(H,27,28)(H,29,30). The number of carboxylic acids is 1. The van der Waals surface area contributed by atoms with E-state index in [1.165, 1.54) is 83.5 Å². The van der Waals surface area contributed by atoms with Crippen LogP contribution in [-0.2, 0) is 9.59 Å². The van der Waals surface area contributed by atoms with E-state index in [0.717, 1.165) is 45.1 Å². The molecular formula is C26H49NO3. The van der Waals surface area contributed by atoms with Gasteiger partial charge in [0.15, 0.2) is 0 Å². The second-order valence-electron chi connectivity index (χ2n) is 9.56. The number of carbonyl (C=O) groups excluding carboxylic acids is 1. The van der Waals surface area contributed by atoms with E-state index in [0.29, 0.717) is 12.3 Å². The predicted molar refractivity (Wildman–Crippen MR) is 126 cm³/mol. The summed E-state index contributed by atoms with van der Waals surface area (Å²) < 4.78 is 0. The van der Waals surface area contributed by atoms with Crippen molar-refractivity contribution >= 4 is 11.9 Å². The van der Waals surface area contributed by atoms with Crippen molar-refractivity contribution in [3.05, 3.63) is 0 Å². The number of nitrogens with one attached hydrogen (secondary N) is 1. The largest absolute Gasteiger partial charge is 0.481 e. The molecule has 2 N–H and O–H groups in total. The minimum absolute atomic E-state index is 0.169. The summed E-state index contributed by atoms with van der Waals surface area (Å²) in [6.45, 7) is 3.00. The van der Waals surface area contributed by atoms with Gasteiger partial charge in [-0.1, -0.05) is 96.8 Å². The van der Waals surface area contributed by atoms with Gasteiger partial charge >= 0.3 is 5.97 Å². The molecule has 0 aromatic carbocycles. The van der Waals surface area contributed by atoms with E-state index in [2.05, 4.69) is 12.2 Å². The van der Waals surface area contributed by atoms with Crippen molar-refractivity contribution in [3.8, 4) is 0 Å². The maximum atomic E-state index is 12.0. The van der Waals surface area contributed by atoms with Gasteiger partial charge in [0, 0.05) is 13.0 Å². The highest BCUT2D eigenvalue weighted by molar-refractivity contribution is 5.75. The number of rotatable bonds is 19. The molecule has 1 saturated carbocycles. The molecule has 0 radical (unpaired) electrons. The molecule has 1 aliphatic rings. The second kappa shape index (κ2) is 18.7. The fourth-order valence-corrected chi connectivity index (χ4v) is 4.62. The van der Waals surface area contributed by atoms with Crippen molar-refractivity contribution < 1.29 is 14.7 Å². The number of unbranched alkanes of at least 4 members (excludes halogenated alkanes) is 14. The summed E-state index contributed by atoms with van der Waals surface area (Å²) in [4.78, 5) is 23.0. The zero-order valence-corrected chi connectivity index (χ0v) is 19.8. The molecule has 0 aliphatic heterocycles. The Kier molecular flexibility index (Phi) is 16.8. The van der Waals surface area contributed by atoms with Crippen LogP contribution in [0.25, 0.3) is 0 Å². The third kappa shape index (κ3) is 14.8. The lowest BCUT2D eigenvalue weighted by Gasteiger charge is -2.26.